The fraction of sp³-hybridized carbons (Fsp3) is 0.571. The van der Waals surface area contributed by atoms with Crippen LogP contribution < -0.4 is 0 Å². The van der Waals surface area contributed by atoms with Gasteiger partial charge in [0.1, 0.15) is 5.76 Å². The summed E-state index contributed by atoms with van der Waals surface area (Å²) in [5, 5.41) is 4.02. The number of hydrogen-bond donors (Lipinski definition) is 0. The first-order chi connectivity index (χ1) is 13.1. The highest BCUT2D eigenvalue weighted by Gasteiger charge is 2.32. The molecule has 2 aliphatic rings. The van der Waals surface area contributed by atoms with Gasteiger partial charge in [-0.3, -0.25) is 9.78 Å². The van der Waals surface area contributed by atoms with Gasteiger partial charge in [-0.2, -0.15) is 0 Å². The minimum absolute atomic E-state index is 0.0936. The third-order valence-corrected chi connectivity index (χ3v) is 5.83. The van der Waals surface area contributed by atoms with E-state index in [2.05, 4.69) is 11.2 Å². The van der Waals surface area contributed by atoms with E-state index in [1.54, 1.807) is 0 Å². The number of hydrogen-bond acceptors (Lipinski definition) is 5. The lowest BCUT2D eigenvalue weighted by molar-refractivity contribution is -0.133. The maximum Gasteiger partial charge on any atom is 0.223 e. The summed E-state index contributed by atoms with van der Waals surface area (Å²) < 4.78 is 10.7. The molecule has 0 radical (unpaired) electrons. The number of rotatable bonds is 4. The van der Waals surface area contributed by atoms with Crippen LogP contribution in [0.3, 0.4) is 0 Å². The van der Waals surface area contributed by atoms with E-state index < -0.39 is 0 Å². The van der Waals surface area contributed by atoms with Crippen molar-refractivity contribution in [2.24, 2.45) is 5.92 Å². The maximum absolute atomic E-state index is 12.9. The highest BCUT2D eigenvalue weighted by molar-refractivity contribution is 5.77. The Balaban J connectivity index is 1.47. The molecule has 0 bridgehead atoms. The molecular formula is C21H27N3O3. The van der Waals surface area contributed by atoms with Gasteiger partial charge in [-0.25, -0.2) is 0 Å². The van der Waals surface area contributed by atoms with Gasteiger partial charge in [0, 0.05) is 43.5 Å². The van der Waals surface area contributed by atoms with E-state index in [0.717, 1.165) is 73.7 Å². The average Bonchev–Trinajstić information content (AvgIpc) is 3.30. The van der Waals surface area contributed by atoms with E-state index >= 15 is 0 Å². The Labute approximate surface area is 159 Å². The standard InChI is InChI=1S/C21H27N3O3/c1-14-21(15(2)27-23-14)17-5-6-18(22-13-17)19-4-3-9-24(19)20(25)12-16-7-10-26-11-8-16/h5-6,13,16,19H,3-4,7-12H2,1-2H3/t19-/m1/s1. The van der Waals surface area contributed by atoms with Crippen molar-refractivity contribution in [3.05, 3.63) is 35.5 Å². The Kier molecular flexibility index (Phi) is 5.25. The van der Waals surface area contributed by atoms with Gasteiger partial charge >= 0.3 is 0 Å². The second-order valence-corrected chi connectivity index (χ2v) is 7.68. The van der Waals surface area contributed by atoms with Gasteiger partial charge in [0.15, 0.2) is 0 Å². The fourth-order valence-corrected chi connectivity index (χ4v) is 4.33. The average molecular weight is 369 g/mol. The van der Waals surface area contributed by atoms with Crippen LogP contribution in [0.2, 0.25) is 0 Å². The van der Waals surface area contributed by atoms with Crippen LogP contribution in [-0.4, -0.2) is 40.7 Å². The van der Waals surface area contributed by atoms with Gasteiger partial charge < -0.3 is 14.2 Å². The van der Waals surface area contributed by atoms with Crippen molar-refractivity contribution in [3.8, 4) is 11.1 Å². The van der Waals surface area contributed by atoms with Gasteiger partial charge in [0.05, 0.1) is 17.4 Å². The first-order valence-electron chi connectivity index (χ1n) is 9.90. The lowest BCUT2D eigenvalue weighted by Crippen LogP contribution is -2.33. The number of carbonyl (C=O) groups is 1. The van der Waals surface area contributed by atoms with Crippen LogP contribution in [0.15, 0.2) is 22.9 Å². The van der Waals surface area contributed by atoms with Gasteiger partial charge in [-0.15, -0.1) is 0 Å². The molecule has 0 N–H and O–H groups in total. The van der Waals surface area contributed by atoms with Crippen LogP contribution in [0.25, 0.3) is 11.1 Å². The Morgan fingerprint density at radius 1 is 1.22 bits per heavy atom. The van der Waals surface area contributed by atoms with E-state index in [4.69, 9.17) is 14.2 Å². The van der Waals surface area contributed by atoms with Crippen LogP contribution in [0.1, 0.15) is 55.3 Å². The minimum Gasteiger partial charge on any atom is -0.381 e. The van der Waals surface area contributed by atoms with Gasteiger partial charge in [-0.1, -0.05) is 11.2 Å². The molecule has 2 aromatic rings. The summed E-state index contributed by atoms with van der Waals surface area (Å²) >= 11 is 0. The molecule has 144 valence electrons. The number of aromatic nitrogens is 2. The molecule has 4 heterocycles. The molecule has 0 saturated carbocycles. The zero-order valence-corrected chi connectivity index (χ0v) is 16.1. The predicted molar refractivity (Wildman–Crippen MR) is 101 cm³/mol. The van der Waals surface area contributed by atoms with Crippen LogP contribution in [0.5, 0.6) is 0 Å². The monoisotopic (exact) mass is 369 g/mol. The summed E-state index contributed by atoms with van der Waals surface area (Å²) in [4.78, 5) is 19.6. The fourth-order valence-electron chi connectivity index (χ4n) is 4.33. The van der Waals surface area contributed by atoms with Crippen molar-refractivity contribution in [2.75, 3.05) is 19.8 Å². The number of ether oxygens (including phenoxy) is 1. The molecule has 0 aliphatic carbocycles. The van der Waals surface area contributed by atoms with Gasteiger partial charge in [0.2, 0.25) is 5.91 Å². The summed E-state index contributed by atoms with van der Waals surface area (Å²) in [5.74, 6) is 1.53. The maximum atomic E-state index is 12.9. The van der Waals surface area contributed by atoms with Gasteiger partial charge in [-0.05, 0) is 51.5 Å². The number of nitrogens with zero attached hydrogens (tertiary/aromatic N) is 3. The number of aryl methyl sites for hydroxylation is 2. The number of likely N-dealkylation sites (tertiary alicyclic amines) is 1. The normalized spacial score (nSPS) is 21.0. The first-order valence-corrected chi connectivity index (χ1v) is 9.90. The van der Waals surface area contributed by atoms with E-state index in [1.165, 1.54) is 0 Å². The van der Waals surface area contributed by atoms with E-state index in [-0.39, 0.29) is 11.9 Å². The second-order valence-electron chi connectivity index (χ2n) is 7.68. The van der Waals surface area contributed by atoms with Crippen LogP contribution in [0, 0.1) is 19.8 Å². The highest BCUT2D eigenvalue weighted by Crippen LogP contribution is 2.34. The third-order valence-electron chi connectivity index (χ3n) is 5.83. The minimum atomic E-state index is 0.0936. The Morgan fingerprint density at radius 3 is 2.70 bits per heavy atom. The number of carbonyl (C=O) groups excluding carboxylic acids is 1. The summed E-state index contributed by atoms with van der Waals surface area (Å²) in [7, 11) is 0. The molecule has 1 amide bonds. The third kappa shape index (κ3) is 3.76. The molecule has 6 nitrogen and oxygen atoms in total. The summed E-state index contributed by atoms with van der Waals surface area (Å²) in [6.45, 7) is 6.25. The zero-order valence-electron chi connectivity index (χ0n) is 16.1. The Hall–Kier alpha value is -2.21. The molecule has 1 atom stereocenters. The topological polar surface area (TPSA) is 68.5 Å². The first kappa shape index (κ1) is 18.2. The molecule has 0 spiro atoms. The summed E-state index contributed by atoms with van der Waals surface area (Å²) in [5.41, 5.74) is 3.86. The quantitative estimate of drug-likeness (QED) is 0.819. The molecule has 2 aromatic heterocycles. The van der Waals surface area contributed by atoms with Crippen molar-refractivity contribution < 1.29 is 14.1 Å². The van der Waals surface area contributed by atoms with E-state index in [0.29, 0.717) is 12.3 Å². The lowest BCUT2D eigenvalue weighted by atomic mass is 9.95. The lowest BCUT2D eigenvalue weighted by Gasteiger charge is -2.28. The molecule has 2 fully saturated rings. The van der Waals surface area contributed by atoms with Crippen molar-refractivity contribution in [1.29, 1.82) is 0 Å². The molecule has 27 heavy (non-hydrogen) atoms. The van der Waals surface area contributed by atoms with Crippen molar-refractivity contribution in [1.82, 2.24) is 15.0 Å². The summed E-state index contributed by atoms with van der Waals surface area (Å²) in [6.07, 6.45) is 6.52. The largest absolute Gasteiger partial charge is 0.381 e. The molecule has 0 unspecified atom stereocenters. The van der Waals surface area contributed by atoms with Crippen LogP contribution >= 0.6 is 0 Å². The highest BCUT2D eigenvalue weighted by atomic mass is 16.5. The zero-order chi connectivity index (χ0) is 18.8. The summed E-state index contributed by atoms with van der Waals surface area (Å²) in [6, 6.07) is 4.20. The molecule has 4 rings (SSSR count). The molecule has 2 aliphatic heterocycles. The van der Waals surface area contributed by atoms with Crippen molar-refractivity contribution in [2.45, 2.75) is 52.0 Å². The molecule has 0 aromatic carbocycles. The predicted octanol–water partition coefficient (Wildman–Crippen LogP) is 3.83. The van der Waals surface area contributed by atoms with Crippen LogP contribution in [0.4, 0.5) is 0 Å². The van der Waals surface area contributed by atoms with Crippen molar-refractivity contribution >= 4 is 5.91 Å². The molecular weight excluding hydrogens is 342 g/mol. The Bertz CT molecular complexity index is 774. The number of pyridine rings is 1. The SMILES string of the molecule is Cc1noc(C)c1-c1ccc([C@H]2CCCN2C(=O)CC2CCOCC2)nc1. The van der Waals surface area contributed by atoms with Gasteiger partial charge in [0.25, 0.3) is 0 Å². The van der Waals surface area contributed by atoms with Crippen LogP contribution in [-0.2, 0) is 9.53 Å². The second kappa shape index (κ2) is 7.80. The number of amides is 1. The smallest absolute Gasteiger partial charge is 0.223 e. The van der Waals surface area contributed by atoms with E-state index in [1.807, 2.05) is 31.0 Å². The molecule has 6 heteroatoms. The van der Waals surface area contributed by atoms with E-state index in [9.17, 15) is 4.79 Å². The van der Waals surface area contributed by atoms with Crippen molar-refractivity contribution in [3.63, 3.8) is 0 Å². The molecule has 2 saturated heterocycles. The Morgan fingerprint density at radius 2 is 2.04 bits per heavy atom.